The van der Waals surface area contributed by atoms with Crippen LogP contribution in [0.1, 0.15) is 30.4 Å². The SMILES string of the molecule is C=CCN1CC[C@]23c4c5ccc(O[C@@H]6O[C@H](C(=O)O)[C@@H](O)[C@H](O)[C@H]6O)c4OC2C(=O)CC[C@@]3(O)C1C5. The number of hydrogen-bond donors (Lipinski definition) is 5. The number of aliphatic hydroxyl groups excluding tert-OH is 3. The molecule has 2 bridgehead atoms. The zero-order valence-corrected chi connectivity index (χ0v) is 19.4. The molecule has 1 spiro atoms. The lowest BCUT2D eigenvalue weighted by Gasteiger charge is -2.62. The molecule has 0 aromatic heterocycles. The number of benzene rings is 1. The summed E-state index contributed by atoms with van der Waals surface area (Å²) in [5, 5.41) is 52.1. The van der Waals surface area contributed by atoms with Crippen LogP contribution in [0, 0.1) is 0 Å². The highest BCUT2D eigenvalue weighted by Gasteiger charge is 2.73. The number of carbonyl (C=O) groups is 2. The first-order chi connectivity index (χ1) is 17.1. The second-order valence-electron chi connectivity index (χ2n) is 10.4. The topological polar surface area (TPSA) is 166 Å². The van der Waals surface area contributed by atoms with Crippen LogP contribution in [-0.4, -0.2) is 104 Å². The third-order valence-corrected chi connectivity index (χ3v) is 8.77. The van der Waals surface area contributed by atoms with Gasteiger partial charge in [-0.3, -0.25) is 9.69 Å². The summed E-state index contributed by atoms with van der Waals surface area (Å²) in [5.41, 5.74) is -0.546. The van der Waals surface area contributed by atoms with Crippen LogP contribution in [0.2, 0.25) is 0 Å². The molecule has 11 heteroatoms. The molecule has 1 aromatic rings. The smallest absolute Gasteiger partial charge is 0.335 e. The van der Waals surface area contributed by atoms with Crippen LogP contribution < -0.4 is 9.47 Å². The van der Waals surface area contributed by atoms with Crippen LogP contribution in [0.25, 0.3) is 0 Å². The molecule has 1 saturated carbocycles. The lowest BCUT2D eigenvalue weighted by molar-refractivity contribution is -0.271. The lowest BCUT2D eigenvalue weighted by atomic mass is 9.49. The molecule has 2 saturated heterocycles. The number of hydrogen-bond acceptors (Lipinski definition) is 10. The van der Waals surface area contributed by atoms with Crippen LogP contribution in [-0.2, 0) is 26.2 Å². The van der Waals surface area contributed by atoms with Crippen molar-refractivity contribution in [1.29, 1.82) is 0 Å². The highest BCUT2D eigenvalue weighted by atomic mass is 16.7. The molecule has 0 radical (unpaired) electrons. The molecule has 9 atom stereocenters. The van der Waals surface area contributed by atoms with Crippen LogP contribution in [0.4, 0.5) is 0 Å². The molecule has 2 unspecified atom stereocenters. The van der Waals surface area contributed by atoms with Gasteiger partial charge >= 0.3 is 5.97 Å². The molecule has 6 rings (SSSR count). The van der Waals surface area contributed by atoms with Crippen molar-refractivity contribution in [3.8, 4) is 11.5 Å². The molecular weight excluding hydrogens is 474 g/mol. The summed E-state index contributed by atoms with van der Waals surface area (Å²) < 4.78 is 17.4. The van der Waals surface area contributed by atoms with Crippen molar-refractivity contribution in [3.05, 3.63) is 35.9 Å². The fourth-order valence-corrected chi connectivity index (χ4v) is 7.15. The quantitative estimate of drug-likeness (QED) is 0.309. The Labute approximate surface area is 206 Å². The molecule has 36 heavy (non-hydrogen) atoms. The van der Waals surface area contributed by atoms with Gasteiger partial charge in [-0.25, -0.2) is 4.79 Å². The Morgan fingerprint density at radius 2 is 2.00 bits per heavy atom. The van der Waals surface area contributed by atoms with Crippen molar-refractivity contribution >= 4 is 11.8 Å². The van der Waals surface area contributed by atoms with Gasteiger partial charge in [0.25, 0.3) is 0 Å². The van der Waals surface area contributed by atoms with Crippen LogP contribution in [0.3, 0.4) is 0 Å². The van der Waals surface area contributed by atoms with Crippen molar-refractivity contribution < 1.29 is 49.3 Å². The molecule has 11 nitrogen and oxygen atoms in total. The third-order valence-electron chi connectivity index (χ3n) is 8.77. The average molecular weight is 504 g/mol. The van der Waals surface area contributed by atoms with E-state index >= 15 is 0 Å². The van der Waals surface area contributed by atoms with Gasteiger partial charge < -0.3 is 39.7 Å². The standard InChI is InChI=1S/C25H29NO10/c1-2-8-26-9-7-24-15-11-3-4-13(34-23-18(30)16(28)17(29)20(36-23)22(31)32)19(15)35-21(24)12(27)5-6-25(24,33)14(26)10-11/h2-4,14,16-18,20-21,23,28-30,33H,1,5-10H2,(H,31,32)/t14?,16-,17-,18+,20-,21?,23+,24-,25+/m0/s1. The summed E-state index contributed by atoms with van der Waals surface area (Å²) in [4.78, 5) is 26.8. The van der Waals surface area contributed by atoms with E-state index < -0.39 is 53.8 Å². The minimum atomic E-state index is -1.85. The Morgan fingerprint density at radius 1 is 1.22 bits per heavy atom. The van der Waals surface area contributed by atoms with E-state index in [1.807, 2.05) is 6.07 Å². The number of likely N-dealkylation sites (tertiary alicyclic amines) is 1. The Morgan fingerprint density at radius 3 is 2.72 bits per heavy atom. The first-order valence-corrected chi connectivity index (χ1v) is 12.2. The number of piperidine rings is 1. The van der Waals surface area contributed by atoms with E-state index in [0.29, 0.717) is 37.9 Å². The average Bonchev–Trinajstić information content (AvgIpc) is 3.20. The van der Waals surface area contributed by atoms with Gasteiger partial charge in [-0.1, -0.05) is 12.1 Å². The molecule has 3 heterocycles. The fourth-order valence-electron chi connectivity index (χ4n) is 7.15. The highest BCUT2D eigenvalue weighted by molar-refractivity contribution is 5.90. The molecule has 0 amide bonds. The Kier molecular flexibility index (Phi) is 5.28. The summed E-state index contributed by atoms with van der Waals surface area (Å²) >= 11 is 0. The number of Topliss-reactive ketones (excluding diaryl/α,β-unsaturated/α-hetero) is 1. The Balaban J connectivity index is 1.43. The molecule has 3 fully saturated rings. The van der Waals surface area contributed by atoms with Gasteiger partial charge in [0.2, 0.25) is 6.29 Å². The van der Waals surface area contributed by atoms with Gasteiger partial charge in [0, 0.05) is 31.1 Å². The number of carboxylic acid groups (broad SMARTS) is 1. The fraction of sp³-hybridized carbons (Fsp3) is 0.600. The zero-order chi connectivity index (χ0) is 25.6. The number of carbonyl (C=O) groups excluding carboxylic acids is 1. The maximum Gasteiger partial charge on any atom is 0.335 e. The van der Waals surface area contributed by atoms with Gasteiger partial charge in [-0.05, 0) is 30.9 Å². The van der Waals surface area contributed by atoms with Crippen LogP contribution in [0.5, 0.6) is 11.5 Å². The van der Waals surface area contributed by atoms with Gasteiger partial charge in [-0.15, -0.1) is 6.58 Å². The summed E-state index contributed by atoms with van der Waals surface area (Å²) in [5.74, 6) is -1.28. The highest BCUT2D eigenvalue weighted by Crippen LogP contribution is 2.65. The van der Waals surface area contributed by atoms with E-state index in [2.05, 4.69) is 11.5 Å². The number of carboxylic acids is 1. The first-order valence-electron chi connectivity index (χ1n) is 12.2. The normalized spacial score (nSPS) is 42.9. The third kappa shape index (κ3) is 2.89. The number of aliphatic hydroxyl groups is 4. The Hall–Kier alpha value is -2.54. The van der Waals surface area contributed by atoms with Crippen LogP contribution >= 0.6 is 0 Å². The van der Waals surface area contributed by atoms with Gasteiger partial charge in [0.05, 0.1) is 11.0 Å². The maximum absolute atomic E-state index is 13.1. The molecule has 2 aliphatic carbocycles. The monoisotopic (exact) mass is 503 g/mol. The second kappa shape index (κ2) is 7.98. The van der Waals surface area contributed by atoms with Gasteiger partial charge in [-0.2, -0.15) is 0 Å². The predicted molar refractivity (Wildman–Crippen MR) is 121 cm³/mol. The van der Waals surface area contributed by atoms with E-state index in [1.54, 1.807) is 12.1 Å². The predicted octanol–water partition coefficient (Wildman–Crippen LogP) is -1.13. The number of aliphatic carboxylic acids is 1. The van der Waals surface area contributed by atoms with Crippen molar-refractivity contribution in [1.82, 2.24) is 4.90 Å². The first kappa shape index (κ1) is 23.8. The van der Waals surface area contributed by atoms with Crippen LogP contribution in [0.15, 0.2) is 24.8 Å². The molecule has 5 aliphatic rings. The molecule has 5 N–H and O–H groups in total. The maximum atomic E-state index is 13.1. The van der Waals surface area contributed by atoms with Gasteiger partial charge in [0.1, 0.15) is 18.3 Å². The summed E-state index contributed by atoms with van der Waals surface area (Å²) in [6.07, 6.45) is -6.44. The minimum absolute atomic E-state index is 0.0939. The number of rotatable bonds is 5. The number of ketones is 1. The largest absolute Gasteiger partial charge is 0.479 e. The van der Waals surface area contributed by atoms with E-state index in [0.717, 1.165) is 5.56 Å². The van der Waals surface area contributed by atoms with E-state index in [1.165, 1.54) is 0 Å². The number of nitrogens with zero attached hydrogens (tertiary/aromatic N) is 1. The van der Waals surface area contributed by atoms with Crippen molar-refractivity contribution in [2.45, 2.75) is 79.6 Å². The molecular formula is C25H29NO10. The Bertz CT molecular complexity index is 1140. The number of ether oxygens (including phenoxy) is 3. The molecule has 1 aromatic carbocycles. The molecule has 194 valence electrons. The summed E-state index contributed by atoms with van der Waals surface area (Å²) in [6.45, 7) is 5.10. The van der Waals surface area contributed by atoms with Crippen molar-refractivity contribution in [2.75, 3.05) is 13.1 Å². The van der Waals surface area contributed by atoms with Gasteiger partial charge in [0.15, 0.2) is 29.5 Å². The van der Waals surface area contributed by atoms with E-state index in [-0.39, 0.29) is 29.7 Å². The summed E-state index contributed by atoms with van der Waals surface area (Å²) in [6, 6.07) is 3.19. The van der Waals surface area contributed by atoms with Crippen molar-refractivity contribution in [3.63, 3.8) is 0 Å². The minimum Gasteiger partial charge on any atom is -0.479 e. The zero-order valence-electron chi connectivity index (χ0n) is 19.4. The second-order valence-corrected chi connectivity index (χ2v) is 10.4. The van der Waals surface area contributed by atoms with Crippen molar-refractivity contribution in [2.24, 2.45) is 0 Å². The molecule has 3 aliphatic heterocycles. The van der Waals surface area contributed by atoms with E-state index in [4.69, 9.17) is 14.2 Å². The van der Waals surface area contributed by atoms with E-state index in [9.17, 15) is 35.1 Å². The summed E-state index contributed by atoms with van der Waals surface area (Å²) in [7, 11) is 0. The lowest BCUT2D eigenvalue weighted by Crippen LogP contribution is -2.76.